The minimum absolute atomic E-state index is 0.0818. The Labute approximate surface area is 123 Å². The van der Waals surface area contributed by atoms with Gasteiger partial charge in [-0.3, -0.25) is 0 Å². The van der Waals surface area contributed by atoms with E-state index < -0.39 is 0 Å². The van der Waals surface area contributed by atoms with Crippen molar-refractivity contribution >= 4 is 17.2 Å². The lowest BCUT2D eigenvalue weighted by Gasteiger charge is -2.12. The molecule has 6 heteroatoms. The number of anilines is 1. The molecule has 108 valence electrons. The molecule has 2 rings (SSSR count). The van der Waals surface area contributed by atoms with Gasteiger partial charge in [-0.25, -0.2) is 15.0 Å². The molecule has 0 spiro atoms. The van der Waals surface area contributed by atoms with E-state index in [4.69, 9.17) is 4.74 Å². The standard InChI is InChI=1S/C14H20N4OS/c1-4-11-9-18-12(20-11)5-6-15-13-14(19-10(2)3)17-8-7-16-13/h7-10H,4-6H2,1-3H3,(H,15,16). The van der Waals surface area contributed by atoms with E-state index in [0.29, 0.717) is 11.7 Å². The number of hydrogen-bond donors (Lipinski definition) is 1. The molecular formula is C14H20N4OS. The third-order valence-corrected chi connectivity index (χ3v) is 3.79. The minimum Gasteiger partial charge on any atom is -0.472 e. The lowest BCUT2D eigenvalue weighted by atomic mass is 10.4. The predicted molar refractivity (Wildman–Crippen MR) is 81.5 cm³/mol. The molecule has 0 radical (unpaired) electrons. The maximum atomic E-state index is 5.62. The molecule has 0 amide bonds. The van der Waals surface area contributed by atoms with Crippen molar-refractivity contribution in [1.29, 1.82) is 0 Å². The average molecular weight is 292 g/mol. The van der Waals surface area contributed by atoms with Gasteiger partial charge >= 0.3 is 0 Å². The normalized spacial score (nSPS) is 10.8. The van der Waals surface area contributed by atoms with Crippen molar-refractivity contribution in [3.63, 3.8) is 0 Å². The Morgan fingerprint density at radius 2 is 2.05 bits per heavy atom. The fourth-order valence-corrected chi connectivity index (χ4v) is 2.53. The van der Waals surface area contributed by atoms with Crippen molar-refractivity contribution in [1.82, 2.24) is 15.0 Å². The highest BCUT2D eigenvalue weighted by molar-refractivity contribution is 7.11. The lowest BCUT2D eigenvalue weighted by molar-refractivity contribution is 0.233. The number of thiazole rings is 1. The molecule has 0 saturated heterocycles. The maximum Gasteiger partial charge on any atom is 0.257 e. The van der Waals surface area contributed by atoms with Crippen LogP contribution in [0.2, 0.25) is 0 Å². The van der Waals surface area contributed by atoms with Crippen molar-refractivity contribution in [3.8, 4) is 5.88 Å². The van der Waals surface area contributed by atoms with E-state index in [2.05, 4.69) is 27.2 Å². The van der Waals surface area contributed by atoms with E-state index in [1.54, 1.807) is 23.7 Å². The zero-order valence-electron chi connectivity index (χ0n) is 12.1. The van der Waals surface area contributed by atoms with Gasteiger partial charge in [-0.2, -0.15) is 0 Å². The van der Waals surface area contributed by atoms with Crippen LogP contribution in [-0.2, 0) is 12.8 Å². The number of nitrogens with one attached hydrogen (secondary N) is 1. The van der Waals surface area contributed by atoms with Crippen LogP contribution in [0.5, 0.6) is 5.88 Å². The summed E-state index contributed by atoms with van der Waals surface area (Å²) in [7, 11) is 0. The molecular weight excluding hydrogens is 272 g/mol. The van der Waals surface area contributed by atoms with Crippen LogP contribution in [0.3, 0.4) is 0 Å². The number of aromatic nitrogens is 3. The van der Waals surface area contributed by atoms with Gasteiger partial charge < -0.3 is 10.1 Å². The van der Waals surface area contributed by atoms with Crippen LogP contribution in [0, 0.1) is 0 Å². The molecule has 2 heterocycles. The molecule has 1 N–H and O–H groups in total. The highest BCUT2D eigenvalue weighted by atomic mass is 32.1. The van der Waals surface area contributed by atoms with Crippen LogP contribution < -0.4 is 10.1 Å². The Hall–Kier alpha value is -1.69. The summed E-state index contributed by atoms with van der Waals surface area (Å²) in [6.45, 7) is 6.86. The molecule has 0 aliphatic rings. The van der Waals surface area contributed by atoms with E-state index in [9.17, 15) is 0 Å². The third kappa shape index (κ3) is 4.16. The fraction of sp³-hybridized carbons (Fsp3) is 0.500. The number of rotatable bonds is 7. The molecule has 0 unspecified atom stereocenters. The van der Waals surface area contributed by atoms with Crippen molar-refractivity contribution in [2.75, 3.05) is 11.9 Å². The molecule has 2 aromatic heterocycles. The van der Waals surface area contributed by atoms with Crippen molar-refractivity contribution in [2.45, 2.75) is 39.7 Å². The van der Waals surface area contributed by atoms with Gasteiger partial charge in [0, 0.05) is 36.4 Å². The topological polar surface area (TPSA) is 59.9 Å². The summed E-state index contributed by atoms with van der Waals surface area (Å²) in [5.74, 6) is 1.24. The van der Waals surface area contributed by atoms with Gasteiger partial charge in [0.2, 0.25) is 0 Å². The maximum absolute atomic E-state index is 5.62. The van der Waals surface area contributed by atoms with Crippen molar-refractivity contribution < 1.29 is 4.74 Å². The summed E-state index contributed by atoms with van der Waals surface area (Å²) >= 11 is 1.76. The number of nitrogens with zero attached hydrogens (tertiary/aromatic N) is 3. The number of hydrogen-bond acceptors (Lipinski definition) is 6. The number of ether oxygens (including phenoxy) is 1. The highest BCUT2D eigenvalue weighted by Crippen LogP contribution is 2.19. The Balaban J connectivity index is 1.90. The summed E-state index contributed by atoms with van der Waals surface area (Å²) in [4.78, 5) is 14.2. The molecule has 0 aromatic carbocycles. The second kappa shape index (κ2) is 7.19. The minimum atomic E-state index is 0.0818. The lowest BCUT2D eigenvalue weighted by Crippen LogP contribution is -2.12. The molecule has 0 saturated carbocycles. The van der Waals surface area contributed by atoms with E-state index in [-0.39, 0.29) is 6.10 Å². The molecule has 0 bridgehead atoms. The van der Waals surface area contributed by atoms with E-state index >= 15 is 0 Å². The van der Waals surface area contributed by atoms with Gasteiger partial charge in [0.15, 0.2) is 5.82 Å². The van der Waals surface area contributed by atoms with Gasteiger partial charge in [-0.05, 0) is 20.3 Å². The second-order valence-electron chi connectivity index (χ2n) is 4.63. The molecule has 0 aliphatic carbocycles. The van der Waals surface area contributed by atoms with Gasteiger partial charge in [-0.1, -0.05) is 6.92 Å². The largest absolute Gasteiger partial charge is 0.472 e. The summed E-state index contributed by atoms with van der Waals surface area (Å²) < 4.78 is 5.62. The van der Waals surface area contributed by atoms with Crippen LogP contribution in [0.4, 0.5) is 5.82 Å². The Morgan fingerprint density at radius 1 is 1.25 bits per heavy atom. The van der Waals surface area contributed by atoms with Crippen LogP contribution in [0.15, 0.2) is 18.6 Å². The number of aryl methyl sites for hydroxylation is 1. The predicted octanol–water partition coefficient (Wildman–Crippen LogP) is 2.94. The molecule has 0 atom stereocenters. The summed E-state index contributed by atoms with van der Waals surface area (Å²) in [6, 6.07) is 0. The van der Waals surface area contributed by atoms with E-state index in [0.717, 1.165) is 24.4 Å². The van der Waals surface area contributed by atoms with Gasteiger partial charge in [0.05, 0.1) is 11.1 Å². The SMILES string of the molecule is CCc1cnc(CCNc2nccnc2OC(C)C)s1. The first-order valence-corrected chi connectivity index (χ1v) is 7.65. The van der Waals surface area contributed by atoms with Crippen molar-refractivity contribution in [3.05, 3.63) is 28.5 Å². The van der Waals surface area contributed by atoms with E-state index in [1.165, 1.54) is 4.88 Å². The first-order chi connectivity index (χ1) is 9.69. The second-order valence-corrected chi connectivity index (χ2v) is 5.83. The van der Waals surface area contributed by atoms with Gasteiger partial charge in [0.1, 0.15) is 0 Å². The monoisotopic (exact) mass is 292 g/mol. The summed E-state index contributed by atoms with van der Waals surface area (Å²) in [5.41, 5.74) is 0. The molecule has 2 aromatic rings. The van der Waals surface area contributed by atoms with Crippen LogP contribution >= 0.6 is 11.3 Å². The smallest absolute Gasteiger partial charge is 0.257 e. The highest BCUT2D eigenvalue weighted by Gasteiger charge is 2.08. The Morgan fingerprint density at radius 3 is 2.75 bits per heavy atom. The van der Waals surface area contributed by atoms with Gasteiger partial charge in [-0.15, -0.1) is 11.3 Å². The van der Waals surface area contributed by atoms with E-state index in [1.807, 2.05) is 20.0 Å². The average Bonchev–Trinajstić information content (AvgIpc) is 2.88. The van der Waals surface area contributed by atoms with Crippen LogP contribution in [0.1, 0.15) is 30.7 Å². The summed E-state index contributed by atoms with van der Waals surface area (Å²) in [5, 5.41) is 4.41. The Bertz CT molecular complexity index is 541. The molecule has 0 aliphatic heterocycles. The molecule has 20 heavy (non-hydrogen) atoms. The summed E-state index contributed by atoms with van der Waals surface area (Å²) in [6.07, 6.45) is 7.25. The first-order valence-electron chi connectivity index (χ1n) is 6.84. The zero-order chi connectivity index (χ0) is 14.4. The molecule has 5 nitrogen and oxygen atoms in total. The third-order valence-electron chi connectivity index (χ3n) is 2.59. The van der Waals surface area contributed by atoms with Gasteiger partial charge in [0.25, 0.3) is 5.88 Å². The first kappa shape index (κ1) is 14.7. The van der Waals surface area contributed by atoms with Crippen LogP contribution in [-0.4, -0.2) is 27.6 Å². The quantitative estimate of drug-likeness (QED) is 0.850. The fourth-order valence-electron chi connectivity index (χ4n) is 1.67. The van der Waals surface area contributed by atoms with Crippen LogP contribution in [0.25, 0.3) is 0 Å². The zero-order valence-corrected chi connectivity index (χ0v) is 12.9. The molecule has 0 fully saturated rings. The van der Waals surface area contributed by atoms with Crippen molar-refractivity contribution in [2.24, 2.45) is 0 Å². The Kier molecular flexibility index (Phi) is 5.29.